The number of thiazole rings is 1. The average molecular weight is 515 g/mol. The van der Waals surface area contributed by atoms with Crippen LogP contribution >= 0.6 is 33.9 Å². The van der Waals surface area contributed by atoms with E-state index >= 15 is 0 Å². The number of anilines is 1. The molecule has 0 bridgehead atoms. The number of fused-ring (bicyclic) bond motifs is 1. The summed E-state index contributed by atoms with van der Waals surface area (Å²) in [4.78, 5) is 17.0. The Kier molecular flexibility index (Phi) is 6.14. The van der Waals surface area contributed by atoms with Crippen LogP contribution in [0, 0.1) is 3.57 Å². The summed E-state index contributed by atoms with van der Waals surface area (Å²) < 4.78 is 28.5. The summed E-state index contributed by atoms with van der Waals surface area (Å²) in [6, 6.07) is 12.1. The van der Waals surface area contributed by atoms with Crippen LogP contribution in [0.25, 0.3) is 10.2 Å². The highest BCUT2D eigenvalue weighted by atomic mass is 127. The number of hydrogen-bond acceptors (Lipinski definition) is 5. The van der Waals surface area contributed by atoms with Crippen molar-refractivity contribution in [2.45, 2.75) is 18.7 Å². The van der Waals surface area contributed by atoms with E-state index in [1.165, 1.54) is 15.6 Å². The number of carbonyl (C=O) groups excluding carboxylic acids is 1. The van der Waals surface area contributed by atoms with E-state index in [9.17, 15) is 13.2 Å². The van der Waals surface area contributed by atoms with Crippen molar-refractivity contribution in [1.29, 1.82) is 0 Å². The zero-order valence-corrected chi connectivity index (χ0v) is 18.6. The topological polar surface area (TPSA) is 79.4 Å². The Morgan fingerprint density at radius 2 is 1.81 bits per heavy atom. The molecule has 2 aromatic carbocycles. The van der Waals surface area contributed by atoms with Crippen molar-refractivity contribution in [3.05, 3.63) is 51.6 Å². The molecule has 6 nitrogen and oxygen atoms in total. The monoisotopic (exact) mass is 515 g/mol. The van der Waals surface area contributed by atoms with Gasteiger partial charge in [0, 0.05) is 22.2 Å². The lowest BCUT2D eigenvalue weighted by atomic mass is 10.2. The maximum Gasteiger partial charge on any atom is 0.257 e. The van der Waals surface area contributed by atoms with Crippen molar-refractivity contribution in [2.24, 2.45) is 0 Å². The van der Waals surface area contributed by atoms with Gasteiger partial charge in [0.2, 0.25) is 10.0 Å². The largest absolute Gasteiger partial charge is 0.298 e. The lowest BCUT2D eigenvalue weighted by Crippen LogP contribution is -2.30. The Bertz CT molecular complexity index is 1070. The third-order valence-corrected chi connectivity index (χ3v) is 7.73. The van der Waals surface area contributed by atoms with Crippen LogP contribution in [-0.4, -0.2) is 36.7 Å². The molecule has 0 saturated carbocycles. The Balaban J connectivity index is 1.88. The molecule has 0 aliphatic rings. The molecule has 9 heteroatoms. The van der Waals surface area contributed by atoms with Gasteiger partial charge >= 0.3 is 0 Å². The number of halogens is 1. The zero-order valence-electron chi connectivity index (χ0n) is 14.8. The van der Waals surface area contributed by atoms with E-state index < -0.39 is 10.0 Å². The molecule has 3 rings (SSSR count). The Morgan fingerprint density at radius 1 is 1.15 bits per heavy atom. The second-order valence-corrected chi connectivity index (χ2v) is 9.91. The summed E-state index contributed by atoms with van der Waals surface area (Å²) in [5.41, 5.74) is 1.19. The van der Waals surface area contributed by atoms with Crippen LogP contribution in [0.15, 0.2) is 47.4 Å². The molecular weight excluding hydrogens is 497 g/mol. The summed E-state index contributed by atoms with van der Waals surface area (Å²) in [7, 11) is -3.53. The summed E-state index contributed by atoms with van der Waals surface area (Å²) in [5, 5.41) is 3.21. The van der Waals surface area contributed by atoms with Crippen LogP contribution in [0.2, 0.25) is 0 Å². The first-order valence-electron chi connectivity index (χ1n) is 8.32. The van der Waals surface area contributed by atoms with Gasteiger partial charge in [-0.3, -0.25) is 10.1 Å². The maximum absolute atomic E-state index is 12.7. The minimum absolute atomic E-state index is 0.234. The lowest BCUT2D eigenvalue weighted by molar-refractivity contribution is 0.102. The van der Waals surface area contributed by atoms with Crippen LogP contribution in [0.4, 0.5) is 5.13 Å². The standard InChI is InChI=1S/C18H18IN3O3S2/c1-3-22(4-2)27(24,25)14-9-10-15-16(11-14)26-18(20-15)21-17(23)12-5-7-13(19)8-6-12/h5-11H,3-4H2,1-2H3,(H,20,21,23). The van der Waals surface area contributed by atoms with Crippen molar-refractivity contribution < 1.29 is 13.2 Å². The van der Waals surface area contributed by atoms with Gasteiger partial charge in [-0.25, -0.2) is 13.4 Å². The van der Waals surface area contributed by atoms with Gasteiger partial charge in [-0.2, -0.15) is 4.31 Å². The predicted octanol–water partition coefficient (Wildman–Crippen LogP) is 4.18. The summed E-state index contributed by atoms with van der Waals surface area (Å²) in [6.07, 6.45) is 0. The van der Waals surface area contributed by atoms with Gasteiger partial charge < -0.3 is 0 Å². The molecule has 142 valence electrons. The average Bonchev–Trinajstić information content (AvgIpc) is 3.04. The molecule has 0 aliphatic carbocycles. The molecule has 0 fully saturated rings. The van der Waals surface area contributed by atoms with Crippen molar-refractivity contribution in [3.8, 4) is 0 Å². The molecular formula is C18H18IN3O3S2. The van der Waals surface area contributed by atoms with E-state index in [0.717, 1.165) is 3.57 Å². The Labute approximate surface area is 175 Å². The molecule has 0 radical (unpaired) electrons. The smallest absolute Gasteiger partial charge is 0.257 e. The van der Waals surface area contributed by atoms with E-state index in [0.29, 0.717) is 34.0 Å². The molecule has 27 heavy (non-hydrogen) atoms. The highest BCUT2D eigenvalue weighted by Gasteiger charge is 2.22. The number of nitrogens with zero attached hydrogens (tertiary/aromatic N) is 2. The van der Waals surface area contributed by atoms with Crippen molar-refractivity contribution >= 4 is 65.2 Å². The molecule has 0 spiro atoms. The first kappa shape index (κ1) is 20.2. The SMILES string of the molecule is CCN(CC)S(=O)(=O)c1ccc2nc(NC(=O)c3ccc(I)cc3)sc2c1. The maximum atomic E-state index is 12.7. The van der Waals surface area contributed by atoms with Gasteiger partial charge in [0.15, 0.2) is 5.13 Å². The van der Waals surface area contributed by atoms with Crippen molar-refractivity contribution in [2.75, 3.05) is 18.4 Å². The van der Waals surface area contributed by atoms with Gasteiger partial charge in [-0.1, -0.05) is 25.2 Å². The fourth-order valence-electron chi connectivity index (χ4n) is 2.60. The summed E-state index contributed by atoms with van der Waals surface area (Å²) in [6.45, 7) is 4.45. The number of carbonyl (C=O) groups is 1. The van der Waals surface area contributed by atoms with Gasteiger partial charge in [-0.05, 0) is 65.1 Å². The number of amides is 1. The van der Waals surface area contributed by atoms with Crippen LogP contribution < -0.4 is 5.32 Å². The minimum atomic E-state index is -3.53. The molecule has 1 aromatic heterocycles. The highest BCUT2D eigenvalue weighted by molar-refractivity contribution is 14.1. The van der Waals surface area contributed by atoms with E-state index in [1.807, 2.05) is 26.0 Å². The van der Waals surface area contributed by atoms with Crippen LogP contribution in [0.3, 0.4) is 0 Å². The number of benzene rings is 2. The van der Waals surface area contributed by atoms with Gasteiger partial charge in [-0.15, -0.1) is 0 Å². The van der Waals surface area contributed by atoms with Gasteiger partial charge in [0.05, 0.1) is 15.1 Å². The minimum Gasteiger partial charge on any atom is -0.298 e. The molecule has 0 aliphatic heterocycles. The normalized spacial score (nSPS) is 11.9. The molecule has 3 aromatic rings. The van der Waals surface area contributed by atoms with Crippen molar-refractivity contribution in [1.82, 2.24) is 9.29 Å². The third-order valence-electron chi connectivity index (χ3n) is 4.03. The van der Waals surface area contributed by atoms with Gasteiger partial charge in [0.25, 0.3) is 5.91 Å². The van der Waals surface area contributed by atoms with Crippen LogP contribution in [0.5, 0.6) is 0 Å². The fourth-order valence-corrected chi connectivity index (χ4v) is 5.42. The Morgan fingerprint density at radius 3 is 2.44 bits per heavy atom. The second kappa shape index (κ2) is 8.21. The second-order valence-electron chi connectivity index (χ2n) is 5.70. The third kappa shape index (κ3) is 4.31. The fraction of sp³-hybridized carbons (Fsp3) is 0.222. The van der Waals surface area contributed by atoms with Crippen LogP contribution in [-0.2, 0) is 10.0 Å². The van der Waals surface area contributed by atoms with E-state index in [4.69, 9.17) is 0 Å². The van der Waals surface area contributed by atoms with Crippen LogP contribution in [0.1, 0.15) is 24.2 Å². The van der Waals surface area contributed by atoms with E-state index in [1.54, 1.807) is 30.3 Å². The van der Waals surface area contributed by atoms with E-state index in [-0.39, 0.29) is 10.8 Å². The number of aromatic nitrogens is 1. The molecule has 1 N–H and O–H groups in total. The zero-order chi connectivity index (χ0) is 19.6. The quantitative estimate of drug-likeness (QED) is 0.500. The predicted molar refractivity (Wildman–Crippen MR) is 117 cm³/mol. The van der Waals surface area contributed by atoms with Gasteiger partial charge in [0.1, 0.15) is 0 Å². The lowest BCUT2D eigenvalue weighted by Gasteiger charge is -2.18. The Hall–Kier alpha value is -1.56. The number of rotatable bonds is 6. The number of nitrogens with one attached hydrogen (secondary N) is 1. The number of hydrogen-bond donors (Lipinski definition) is 1. The first-order chi connectivity index (χ1) is 12.8. The first-order valence-corrected chi connectivity index (χ1v) is 11.7. The molecule has 1 heterocycles. The highest BCUT2D eigenvalue weighted by Crippen LogP contribution is 2.29. The molecule has 1 amide bonds. The summed E-state index contributed by atoms with van der Waals surface area (Å²) in [5.74, 6) is -0.249. The van der Waals surface area contributed by atoms with E-state index in [2.05, 4.69) is 32.9 Å². The molecule has 0 atom stereocenters. The molecule has 0 saturated heterocycles. The number of sulfonamides is 1. The molecule has 0 unspecified atom stereocenters. The van der Waals surface area contributed by atoms with Crippen molar-refractivity contribution in [3.63, 3.8) is 0 Å². The summed E-state index contributed by atoms with van der Waals surface area (Å²) >= 11 is 3.43.